The molecular weight excluding hydrogens is 176 g/mol. The molecule has 2 rings (SSSR count). The van der Waals surface area contributed by atoms with E-state index in [0.717, 1.165) is 5.69 Å². The van der Waals surface area contributed by atoms with Gasteiger partial charge in [-0.05, 0) is 18.9 Å². The average molecular weight is 194 g/mol. The van der Waals surface area contributed by atoms with Gasteiger partial charge < -0.3 is 0 Å². The smallest absolute Gasteiger partial charge is 0.0776 e. The van der Waals surface area contributed by atoms with Gasteiger partial charge in [-0.2, -0.15) is 5.10 Å². The Labute approximate surface area is 84.4 Å². The van der Waals surface area contributed by atoms with Crippen molar-refractivity contribution in [2.45, 2.75) is 44.7 Å². The van der Waals surface area contributed by atoms with Crippen molar-refractivity contribution in [3.63, 3.8) is 0 Å². The Hall–Kier alpha value is -0.870. The summed E-state index contributed by atoms with van der Waals surface area (Å²) in [5.41, 5.74) is 3.65. The van der Waals surface area contributed by atoms with Crippen molar-refractivity contribution in [3.8, 4) is 0 Å². The van der Waals surface area contributed by atoms with Crippen molar-refractivity contribution < 1.29 is 0 Å². The number of nitrogens with one attached hydrogen (secondary N) is 1. The quantitative estimate of drug-likeness (QED) is 0.564. The normalized spacial score (nSPS) is 18.6. The molecule has 1 saturated carbocycles. The van der Waals surface area contributed by atoms with Crippen LogP contribution in [-0.2, 0) is 6.54 Å². The average Bonchev–Trinajstić information content (AvgIpc) is 2.68. The zero-order valence-corrected chi connectivity index (χ0v) is 8.45. The minimum absolute atomic E-state index is 0.621. The molecule has 0 amide bonds. The number of rotatable bonds is 3. The summed E-state index contributed by atoms with van der Waals surface area (Å²) >= 11 is 0. The standard InChI is InChI=1S/C10H18N4/c11-12-8-9-6-7-14(13-9)10-4-2-1-3-5-10/h6-7,10,12H,1-5,8,11H2. The predicted molar refractivity (Wildman–Crippen MR) is 55.4 cm³/mol. The topological polar surface area (TPSA) is 55.9 Å². The second-order valence-corrected chi connectivity index (χ2v) is 3.96. The van der Waals surface area contributed by atoms with E-state index in [1.54, 1.807) is 0 Å². The maximum Gasteiger partial charge on any atom is 0.0776 e. The molecule has 0 radical (unpaired) electrons. The van der Waals surface area contributed by atoms with E-state index in [4.69, 9.17) is 5.84 Å². The third kappa shape index (κ3) is 2.13. The van der Waals surface area contributed by atoms with Crippen LogP contribution in [0.2, 0.25) is 0 Å². The second kappa shape index (κ2) is 4.57. The van der Waals surface area contributed by atoms with E-state index in [1.165, 1.54) is 32.1 Å². The summed E-state index contributed by atoms with van der Waals surface area (Å²) in [4.78, 5) is 0. The molecule has 0 spiro atoms. The lowest BCUT2D eigenvalue weighted by Crippen LogP contribution is -2.21. The molecule has 0 bridgehead atoms. The number of nitrogens with two attached hydrogens (primary N) is 1. The van der Waals surface area contributed by atoms with Crippen LogP contribution in [0.15, 0.2) is 12.3 Å². The minimum atomic E-state index is 0.621. The molecule has 0 unspecified atom stereocenters. The fourth-order valence-electron chi connectivity index (χ4n) is 2.13. The van der Waals surface area contributed by atoms with Crippen molar-refractivity contribution in [3.05, 3.63) is 18.0 Å². The van der Waals surface area contributed by atoms with E-state index < -0.39 is 0 Å². The van der Waals surface area contributed by atoms with Crippen LogP contribution in [0.5, 0.6) is 0 Å². The van der Waals surface area contributed by atoms with Gasteiger partial charge in [0.2, 0.25) is 0 Å². The summed E-state index contributed by atoms with van der Waals surface area (Å²) in [5, 5.41) is 4.50. The number of hydrogen-bond donors (Lipinski definition) is 2. The van der Waals surface area contributed by atoms with Crippen LogP contribution in [0.25, 0.3) is 0 Å². The Bertz CT molecular complexity index is 275. The van der Waals surface area contributed by atoms with Gasteiger partial charge in [0.05, 0.1) is 18.3 Å². The van der Waals surface area contributed by atoms with Crippen LogP contribution in [0, 0.1) is 0 Å². The second-order valence-electron chi connectivity index (χ2n) is 3.96. The zero-order chi connectivity index (χ0) is 9.80. The molecule has 78 valence electrons. The van der Waals surface area contributed by atoms with Crippen molar-refractivity contribution in [1.29, 1.82) is 0 Å². The number of aromatic nitrogens is 2. The summed E-state index contributed by atoms with van der Waals surface area (Å²) in [6.07, 6.45) is 8.69. The molecule has 1 fully saturated rings. The van der Waals surface area contributed by atoms with Crippen LogP contribution in [0.3, 0.4) is 0 Å². The Balaban J connectivity index is 2.00. The van der Waals surface area contributed by atoms with Crippen molar-refractivity contribution in [2.75, 3.05) is 0 Å². The molecule has 3 N–H and O–H groups in total. The molecular formula is C10H18N4. The molecule has 1 heterocycles. The van der Waals surface area contributed by atoms with E-state index in [0.29, 0.717) is 12.6 Å². The van der Waals surface area contributed by atoms with Crippen LogP contribution < -0.4 is 11.3 Å². The highest BCUT2D eigenvalue weighted by Gasteiger charge is 2.15. The molecule has 4 nitrogen and oxygen atoms in total. The van der Waals surface area contributed by atoms with E-state index in [-0.39, 0.29) is 0 Å². The molecule has 1 aromatic heterocycles. The highest BCUT2D eigenvalue weighted by molar-refractivity contribution is 4.99. The molecule has 14 heavy (non-hydrogen) atoms. The van der Waals surface area contributed by atoms with Crippen LogP contribution >= 0.6 is 0 Å². The molecule has 4 heteroatoms. The number of hydrazine groups is 1. The molecule has 0 atom stereocenters. The highest BCUT2D eigenvalue weighted by Crippen LogP contribution is 2.27. The summed E-state index contributed by atoms with van der Waals surface area (Å²) in [6.45, 7) is 0.653. The Kier molecular flexibility index (Phi) is 3.16. The summed E-state index contributed by atoms with van der Waals surface area (Å²) in [6, 6.07) is 2.66. The predicted octanol–water partition coefficient (Wildman–Crippen LogP) is 1.35. The SMILES string of the molecule is NNCc1ccn(C2CCCCC2)n1. The number of hydrogen-bond acceptors (Lipinski definition) is 3. The van der Waals surface area contributed by atoms with Crippen molar-refractivity contribution in [1.82, 2.24) is 15.2 Å². The lowest BCUT2D eigenvalue weighted by molar-refractivity contribution is 0.328. The zero-order valence-electron chi connectivity index (χ0n) is 8.45. The van der Waals surface area contributed by atoms with Gasteiger partial charge in [0.15, 0.2) is 0 Å². The minimum Gasteiger partial charge on any atom is -0.271 e. The van der Waals surface area contributed by atoms with Crippen molar-refractivity contribution in [2.24, 2.45) is 5.84 Å². The largest absolute Gasteiger partial charge is 0.271 e. The van der Waals surface area contributed by atoms with Gasteiger partial charge >= 0.3 is 0 Å². The fraction of sp³-hybridized carbons (Fsp3) is 0.700. The third-order valence-electron chi connectivity index (χ3n) is 2.90. The van der Waals surface area contributed by atoms with Gasteiger partial charge in [-0.25, -0.2) is 0 Å². The van der Waals surface area contributed by atoms with E-state index >= 15 is 0 Å². The summed E-state index contributed by atoms with van der Waals surface area (Å²) in [7, 11) is 0. The lowest BCUT2D eigenvalue weighted by Gasteiger charge is -2.21. The lowest BCUT2D eigenvalue weighted by atomic mass is 9.96. The summed E-state index contributed by atoms with van der Waals surface area (Å²) < 4.78 is 2.10. The first-order valence-corrected chi connectivity index (χ1v) is 5.37. The van der Waals surface area contributed by atoms with Crippen LogP contribution in [0.4, 0.5) is 0 Å². The van der Waals surface area contributed by atoms with E-state index in [2.05, 4.69) is 21.4 Å². The Morgan fingerprint density at radius 2 is 2.21 bits per heavy atom. The molecule has 0 aliphatic heterocycles. The third-order valence-corrected chi connectivity index (χ3v) is 2.90. The maximum atomic E-state index is 5.25. The Morgan fingerprint density at radius 1 is 1.43 bits per heavy atom. The summed E-state index contributed by atoms with van der Waals surface area (Å²) in [5.74, 6) is 5.25. The first-order chi connectivity index (χ1) is 6.90. The molecule has 0 saturated heterocycles. The van der Waals surface area contributed by atoms with Gasteiger partial charge in [-0.15, -0.1) is 0 Å². The molecule has 1 aromatic rings. The van der Waals surface area contributed by atoms with Gasteiger partial charge in [-0.1, -0.05) is 19.3 Å². The molecule has 1 aliphatic carbocycles. The highest BCUT2D eigenvalue weighted by atomic mass is 15.3. The molecule has 1 aliphatic rings. The van der Waals surface area contributed by atoms with Gasteiger partial charge in [-0.3, -0.25) is 16.0 Å². The van der Waals surface area contributed by atoms with Gasteiger partial charge in [0, 0.05) is 6.20 Å². The number of nitrogens with zero attached hydrogens (tertiary/aromatic N) is 2. The van der Waals surface area contributed by atoms with E-state index in [9.17, 15) is 0 Å². The Morgan fingerprint density at radius 3 is 2.93 bits per heavy atom. The first kappa shape index (κ1) is 9.68. The monoisotopic (exact) mass is 194 g/mol. The van der Waals surface area contributed by atoms with Crippen LogP contribution in [0.1, 0.15) is 43.8 Å². The molecule has 0 aromatic carbocycles. The van der Waals surface area contributed by atoms with E-state index in [1.807, 2.05) is 6.07 Å². The van der Waals surface area contributed by atoms with Gasteiger partial charge in [0.1, 0.15) is 0 Å². The first-order valence-electron chi connectivity index (χ1n) is 5.37. The maximum absolute atomic E-state index is 5.25. The van der Waals surface area contributed by atoms with Gasteiger partial charge in [0.25, 0.3) is 0 Å². The van der Waals surface area contributed by atoms with Crippen molar-refractivity contribution >= 4 is 0 Å². The van der Waals surface area contributed by atoms with Crippen LogP contribution in [-0.4, -0.2) is 9.78 Å². The fourth-order valence-corrected chi connectivity index (χ4v) is 2.13.